The lowest BCUT2D eigenvalue weighted by molar-refractivity contribution is 0.0827. The van der Waals surface area contributed by atoms with Gasteiger partial charge < -0.3 is 9.88 Å². The van der Waals surface area contributed by atoms with Crippen molar-refractivity contribution in [3.63, 3.8) is 0 Å². The van der Waals surface area contributed by atoms with E-state index in [1.54, 1.807) is 43.2 Å². The SMILES string of the molecule is CN(C)C(=O)c1ccc(CSc2ncc[nH]2)cc1. The number of H-pyrrole nitrogens is 1. The van der Waals surface area contributed by atoms with Crippen molar-refractivity contribution in [2.24, 2.45) is 0 Å². The molecule has 0 radical (unpaired) electrons. The topological polar surface area (TPSA) is 49.0 Å². The first-order valence-electron chi connectivity index (χ1n) is 5.59. The minimum atomic E-state index is 0.0280. The second kappa shape index (κ2) is 5.73. The molecule has 1 N–H and O–H groups in total. The lowest BCUT2D eigenvalue weighted by Crippen LogP contribution is -2.21. The van der Waals surface area contributed by atoms with Crippen LogP contribution in [0, 0.1) is 0 Å². The number of nitrogens with one attached hydrogen (secondary N) is 1. The van der Waals surface area contributed by atoms with Crippen LogP contribution in [0.15, 0.2) is 41.8 Å². The van der Waals surface area contributed by atoms with Crippen molar-refractivity contribution in [3.05, 3.63) is 47.8 Å². The number of rotatable bonds is 4. The molecule has 0 bridgehead atoms. The van der Waals surface area contributed by atoms with Crippen LogP contribution < -0.4 is 0 Å². The Kier molecular flexibility index (Phi) is 4.04. The van der Waals surface area contributed by atoms with Gasteiger partial charge in [-0.2, -0.15) is 0 Å². The van der Waals surface area contributed by atoms with E-state index in [0.29, 0.717) is 5.56 Å². The molecule has 1 heterocycles. The molecule has 0 atom stereocenters. The molecule has 0 unspecified atom stereocenters. The summed E-state index contributed by atoms with van der Waals surface area (Å²) in [6, 6.07) is 7.68. The molecular weight excluding hydrogens is 246 g/mol. The van der Waals surface area contributed by atoms with Crippen LogP contribution in [-0.4, -0.2) is 34.9 Å². The highest BCUT2D eigenvalue weighted by molar-refractivity contribution is 7.98. The fourth-order valence-electron chi connectivity index (χ4n) is 1.48. The maximum Gasteiger partial charge on any atom is 0.253 e. The van der Waals surface area contributed by atoms with Crippen LogP contribution >= 0.6 is 11.8 Å². The van der Waals surface area contributed by atoms with Crippen molar-refractivity contribution in [3.8, 4) is 0 Å². The van der Waals surface area contributed by atoms with Gasteiger partial charge in [0.05, 0.1) is 0 Å². The maximum atomic E-state index is 11.7. The van der Waals surface area contributed by atoms with Crippen molar-refractivity contribution < 1.29 is 4.79 Å². The number of aromatic nitrogens is 2. The minimum Gasteiger partial charge on any atom is -0.345 e. The number of aromatic amines is 1. The summed E-state index contributed by atoms with van der Waals surface area (Å²) in [6.45, 7) is 0. The molecule has 0 spiro atoms. The summed E-state index contributed by atoms with van der Waals surface area (Å²) in [4.78, 5) is 20.5. The van der Waals surface area contributed by atoms with E-state index in [1.165, 1.54) is 5.56 Å². The number of nitrogens with zero attached hydrogens (tertiary/aromatic N) is 2. The fourth-order valence-corrected chi connectivity index (χ4v) is 2.27. The normalized spacial score (nSPS) is 10.3. The number of hydrogen-bond acceptors (Lipinski definition) is 3. The summed E-state index contributed by atoms with van der Waals surface area (Å²) in [5, 5.41) is 0.906. The van der Waals surface area contributed by atoms with E-state index < -0.39 is 0 Å². The number of thioether (sulfide) groups is 1. The van der Waals surface area contributed by atoms with Gasteiger partial charge >= 0.3 is 0 Å². The molecule has 0 aliphatic heterocycles. The highest BCUT2D eigenvalue weighted by atomic mass is 32.2. The smallest absolute Gasteiger partial charge is 0.253 e. The van der Waals surface area contributed by atoms with Gasteiger partial charge in [0.1, 0.15) is 0 Å². The van der Waals surface area contributed by atoms with Crippen LogP contribution in [-0.2, 0) is 5.75 Å². The van der Waals surface area contributed by atoms with E-state index in [1.807, 2.05) is 24.3 Å². The average molecular weight is 261 g/mol. The molecule has 5 heteroatoms. The Hall–Kier alpha value is -1.75. The van der Waals surface area contributed by atoms with Crippen molar-refractivity contribution in [1.29, 1.82) is 0 Å². The van der Waals surface area contributed by atoms with Gasteiger partial charge in [-0.25, -0.2) is 4.98 Å². The van der Waals surface area contributed by atoms with Crippen molar-refractivity contribution in [2.75, 3.05) is 14.1 Å². The van der Waals surface area contributed by atoms with Crippen molar-refractivity contribution in [1.82, 2.24) is 14.9 Å². The number of carbonyl (C=O) groups excluding carboxylic acids is 1. The zero-order valence-electron chi connectivity index (χ0n) is 10.4. The number of carbonyl (C=O) groups is 1. The Morgan fingerprint density at radius 2 is 2.06 bits per heavy atom. The van der Waals surface area contributed by atoms with Crippen LogP contribution in [0.3, 0.4) is 0 Å². The first-order chi connectivity index (χ1) is 8.66. The molecule has 2 aromatic rings. The number of benzene rings is 1. The van der Waals surface area contributed by atoms with Gasteiger partial charge in [-0.1, -0.05) is 23.9 Å². The molecule has 0 fully saturated rings. The van der Waals surface area contributed by atoms with E-state index in [9.17, 15) is 4.79 Å². The third kappa shape index (κ3) is 3.13. The lowest BCUT2D eigenvalue weighted by Gasteiger charge is -2.10. The Morgan fingerprint density at radius 1 is 1.33 bits per heavy atom. The van der Waals surface area contributed by atoms with Gasteiger partial charge in [-0.15, -0.1) is 0 Å². The van der Waals surface area contributed by atoms with E-state index >= 15 is 0 Å². The van der Waals surface area contributed by atoms with Crippen LogP contribution in [0.2, 0.25) is 0 Å². The number of hydrogen-bond donors (Lipinski definition) is 1. The van der Waals surface area contributed by atoms with Gasteiger partial charge in [-0.3, -0.25) is 4.79 Å². The summed E-state index contributed by atoms with van der Waals surface area (Å²) in [5.74, 6) is 0.865. The molecular formula is C13H15N3OS. The Morgan fingerprint density at radius 3 is 2.61 bits per heavy atom. The lowest BCUT2D eigenvalue weighted by atomic mass is 10.1. The Bertz CT molecular complexity index is 506. The monoisotopic (exact) mass is 261 g/mol. The Labute approximate surface area is 110 Å². The van der Waals surface area contributed by atoms with Crippen LogP contribution in [0.5, 0.6) is 0 Å². The van der Waals surface area contributed by atoms with Gasteiger partial charge in [0.25, 0.3) is 5.91 Å². The highest BCUT2D eigenvalue weighted by Gasteiger charge is 2.07. The van der Waals surface area contributed by atoms with Crippen LogP contribution in [0.25, 0.3) is 0 Å². The second-order valence-corrected chi connectivity index (χ2v) is 5.04. The molecule has 0 saturated heterocycles. The van der Waals surface area contributed by atoms with E-state index in [0.717, 1.165) is 10.9 Å². The van der Waals surface area contributed by atoms with E-state index in [-0.39, 0.29) is 5.91 Å². The van der Waals surface area contributed by atoms with E-state index in [2.05, 4.69) is 9.97 Å². The van der Waals surface area contributed by atoms with Crippen LogP contribution in [0.1, 0.15) is 15.9 Å². The van der Waals surface area contributed by atoms with Gasteiger partial charge in [0, 0.05) is 37.8 Å². The average Bonchev–Trinajstić information content (AvgIpc) is 2.89. The first kappa shape index (κ1) is 12.7. The predicted octanol–water partition coefficient (Wildman–Crippen LogP) is 2.40. The minimum absolute atomic E-state index is 0.0280. The summed E-state index contributed by atoms with van der Waals surface area (Å²) in [7, 11) is 3.51. The summed E-state index contributed by atoms with van der Waals surface area (Å²) in [5.41, 5.74) is 1.89. The molecule has 0 aliphatic carbocycles. The molecule has 4 nitrogen and oxygen atoms in total. The van der Waals surface area contributed by atoms with Crippen molar-refractivity contribution in [2.45, 2.75) is 10.9 Å². The summed E-state index contributed by atoms with van der Waals surface area (Å²) in [6.07, 6.45) is 3.54. The molecule has 1 aromatic carbocycles. The molecule has 18 heavy (non-hydrogen) atoms. The van der Waals surface area contributed by atoms with Crippen molar-refractivity contribution >= 4 is 17.7 Å². The Balaban J connectivity index is 1.97. The summed E-state index contributed by atoms with van der Waals surface area (Å²) >= 11 is 1.64. The second-order valence-electron chi connectivity index (χ2n) is 4.08. The molecule has 0 aliphatic rings. The predicted molar refractivity (Wildman–Crippen MR) is 72.6 cm³/mol. The third-order valence-electron chi connectivity index (χ3n) is 2.46. The number of imidazole rings is 1. The molecule has 0 saturated carbocycles. The standard InChI is InChI=1S/C13H15N3OS/c1-16(2)12(17)11-5-3-10(4-6-11)9-18-13-14-7-8-15-13/h3-8H,9H2,1-2H3,(H,14,15). The molecule has 2 rings (SSSR count). The zero-order valence-corrected chi connectivity index (χ0v) is 11.2. The third-order valence-corrected chi connectivity index (χ3v) is 3.43. The highest BCUT2D eigenvalue weighted by Crippen LogP contribution is 2.19. The molecule has 94 valence electrons. The maximum absolute atomic E-state index is 11.7. The van der Waals surface area contributed by atoms with Gasteiger partial charge in [-0.05, 0) is 17.7 Å². The summed E-state index contributed by atoms with van der Waals surface area (Å²) < 4.78 is 0. The van der Waals surface area contributed by atoms with Gasteiger partial charge in [0.15, 0.2) is 5.16 Å². The largest absolute Gasteiger partial charge is 0.345 e. The van der Waals surface area contributed by atoms with Gasteiger partial charge in [0.2, 0.25) is 0 Å². The molecule has 1 aromatic heterocycles. The van der Waals surface area contributed by atoms with Crippen LogP contribution in [0.4, 0.5) is 0 Å². The quantitative estimate of drug-likeness (QED) is 0.860. The number of amides is 1. The first-order valence-corrected chi connectivity index (χ1v) is 6.58. The fraction of sp³-hybridized carbons (Fsp3) is 0.231. The van der Waals surface area contributed by atoms with E-state index in [4.69, 9.17) is 0 Å². The zero-order chi connectivity index (χ0) is 13.0. The molecule has 1 amide bonds.